The highest BCUT2D eigenvalue weighted by Gasteiger charge is 2.63. The summed E-state index contributed by atoms with van der Waals surface area (Å²) in [5, 5.41) is 10.7. The van der Waals surface area contributed by atoms with Crippen molar-refractivity contribution in [1.29, 1.82) is 0 Å². The lowest BCUT2D eigenvalue weighted by Gasteiger charge is -2.59. The molecule has 1 saturated heterocycles. The smallest absolute Gasteiger partial charge is 0.333 e. The molecule has 1 heterocycles. The van der Waals surface area contributed by atoms with E-state index in [4.69, 9.17) is 14.2 Å². The minimum absolute atomic E-state index is 0.136. The van der Waals surface area contributed by atoms with Crippen LogP contribution >= 0.6 is 0 Å². The van der Waals surface area contributed by atoms with Crippen molar-refractivity contribution in [3.8, 4) is 0 Å². The predicted molar refractivity (Wildman–Crippen MR) is 121 cm³/mol. The van der Waals surface area contributed by atoms with E-state index < -0.39 is 29.9 Å². The molecule has 1 aliphatic heterocycles. The first kappa shape index (κ1) is 25.0. The zero-order valence-electron chi connectivity index (χ0n) is 20.6. The summed E-state index contributed by atoms with van der Waals surface area (Å²) >= 11 is 0. The van der Waals surface area contributed by atoms with E-state index in [1.54, 1.807) is 19.9 Å². The van der Waals surface area contributed by atoms with Gasteiger partial charge in [-0.3, -0.25) is 4.79 Å². The van der Waals surface area contributed by atoms with E-state index in [2.05, 4.69) is 26.8 Å². The molecule has 32 heavy (non-hydrogen) atoms. The molecule has 1 saturated carbocycles. The molecule has 2 fully saturated rings. The number of esters is 2. The van der Waals surface area contributed by atoms with Crippen molar-refractivity contribution in [2.24, 2.45) is 28.6 Å². The van der Waals surface area contributed by atoms with Gasteiger partial charge in [0.1, 0.15) is 12.2 Å². The molecule has 0 radical (unpaired) electrons. The molecule has 6 heteroatoms. The summed E-state index contributed by atoms with van der Waals surface area (Å²) in [4.78, 5) is 25.7. The molecule has 2 aliphatic carbocycles. The quantitative estimate of drug-likeness (QED) is 0.364. The van der Waals surface area contributed by atoms with Gasteiger partial charge in [-0.15, -0.1) is 0 Å². The minimum atomic E-state index is -0.873. The third kappa shape index (κ3) is 4.28. The van der Waals surface area contributed by atoms with Crippen molar-refractivity contribution in [3.63, 3.8) is 0 Å². The molecular weight excluding hydrogens is 408 g/mol. The number of fused-ring (bicyclic) bond motifs is 3. The van der Waals surface area contributed by atoms with Crippen molar-refractivity contribution in [2.75, 3.05) is 6.61 Å². The van der Waals surface area contributed by atoms with Crippen LogP contribution in [0, 0.1) is 28.6 Å². The van der Waals surface area contributed by atoms with Crippen molar-refractivity contribution in [2.45, 2.75) is 92.6 Å². The summed E-state index contributed by atoms with van der Waals surface area (Å²) in [6, 6.07) is 0. The molecular formula is C26H40O6. The van der Waals surface area contributed by atoms with E-state index in [9.17, 15) is 14.7 Å². The van der Waals surface area contributed by atoms with Crippen LogP contribution < -0.4 is 0 Å². The Morgan fingerprint density at radius 2 is 2.00 bits per heavy atom. The number of hydrogen-bond donors (Lipinski definition) is 1. The van der Waals surface area contributed by atoms with Crippen molar-refractivity contribution < 1.29 is 28.9 Å². The normalized spacial score (nSPS) is 37.1. The second kappa shape index (κ2) is 9.30. The molecule has 0 bridgehead atoms. The Morgan fingerprint density at radius 3 is 2.62 bits per heavy atom. The first-order valence-electron chi connectivity index (χ1n) is 12.0. The molecule has 1 N–H and O–H groups in total. The molecule has 0 aromatic heterocycles. The number of allylic oxidation sites excluding steroid dienone is 2. The summed E-state index contributed by atoms with van der Waals surface area (Å²) in [7, 11) is 0. The average molecular weight is 449 g/mol. The summed E-state index contributed by atoms with van der Waals surface area (Å²) in [5.41, 5.74) is 0.825. The van der Waals surface area contributed by atoms with Crippen LogP contribution in [0.5, 0.6) is 0 Å². The van der Waals surface area contributed by atoms with Crippen LogP contribution in [0.1, 0.15) is 74.1 Å². The largest absolute Gasteiger partial charge is 0.458 e. The lowest BCUT2D eigenvalue weighted by Crippen LogP contribution is -2.62. The summed E-state index contributed by atoms with van der Waals surface area (Å²) in [6.07, 6.45) is 4.86. The molecule has 3 rings (SSSR count). The van der Waals surface area contributed by atoms with Gasteiger partial charge in [0.25, 0.3) is 0 Å². The highest BCUT2D eigenvalue weighted by Crippen LogP contribution is 2.62. The Balaban J connectivity index is 1.99. The van der Waals surface area contributed by atoms with Gasteiger partial charge in [0.15, 0.2) is 6.29 Å². The molecule has 7 unspecified atom stereocenters. The van der Waals surface area contributed by atoms with Crippen LogP contribution in [0.25, 0.3) is 0 Å². The first-order valence-corrected chi connectivity index (χ1v) is 12.0. The van der Waals surface area contributed by atoms with Crippen molar-refractivity contribution in [3.05, 3.63) is 23.3 Å². The number of aliphatic hydroxyl groups excluding tert-OH is 1. The number of aliphatic hydroxyl groups is 1. The van der Waals surface area contributed by atoms with Gasteiger partial charge in [0.2, 0.25) is 0 Å². The number of carbonyl (C=O) groups is 2. The lowest BCUT2D eigenvalue weighted by molar-refractivity contribution is -0.223. The van der Waals surface area contributed by atoms with Crippen LogP contribution in [0.4, 0.5) is 0 Å². The van der Waals surface area contributed by atoms with Crippen LogP contribution in [0.2, 0.25) is 0 Å². The van der Waals surface area contributed by atoms with Gasteiger partial charge in [0.05, 0.1) is 12.5 Å². The zero-order chi connectivity index (χ0) is 23.8. The molecule has 6 nitrogen and oxygen atoms in total. The maximum absolute atomic E-state index is 12.9. The van der Waals surface area contributed by atoms with Gasteiger partial charge in [0, 0.05) is 16.9 Å². The summed E-state index contributed by atoms with van der Waals surface area (Å²) < 4.78 is 17.7. The second-order valence-corrected chi connectivity index (χ2v) is 10.7. The fourth-order valence-electron chi connectivity index (χ4n) is 6.35. The molecule has 0 spiro atoms. The molecule has 0 aromatic rings. The van der Waals surface area contributed by atoms with Gasteiger partial charge in [-0.2, -0.15) is 0 Å². The molecule has 0 amide bonds. The van der Waals surface area contributed by atoms with Gasteiger partial charge < -0.3 is 19.3 Å². The molecule has 3 aliphatic rings. The highest BCUT2D eigenvalue weighted by molar-refractivity contribution is 5.87. The molecule has 180 valence electrons. The average Bonchev–Trinajstić information content (AvgIpc) is 3.12. The third-order valence-corrected chi connectivity index (χ3v) is 8.22. The Bertz CT molecular complexity index is 796. The van der Waals surface area contributed by atoms with E-state index in [0.29, 0.717) is 18.6 Å². The Morgan fingerprint density at radius 1 is 1.31 bits per heavy atom. The summed E-state index contributed by atoms with van der Waals surface area (Å²) in [6.45, 7) is 14.3. The Kier molecular flexibility index (Phi) is 7.26. The first-order chi connectivity index (χ1) is 15.0. The zero-order valence-corrected chi connectivity index (χ0v) is 20.6. The molecule has 7 atom stereocenters. The van der Waals surface area contributed by atoms with Gasteiger partial charge in [-0.25, -0.2) is 4.79 Å². The van der Waals surface area contributed by atoms with Crippen LogP contribution in [-0.4, -0.2) is 42.1 Å². The van der Waals surface area contributed by atoms with E-state index in [0.717, 1.165) is 24.8 Å². The molecule has 0 aromatic carbocycles. The number of carbonyl (C=O) groups excluding carboxylic acids is 2. The van der Waals surface area contributed by atoms with Gasteiger partial charge in [-0.05, 0) is 50.0 Å². The minimum Gasteiger partial charge on any atom is -0.458 e. The van der Waals surface area contributed by atoms with Gasteiger partial charge >= 0.3 is 11.9 Å². The van der Waals surface area contributed by atoms with Gasteiger partial charge in [-0.1, -0.05) is 53.2 Å². The van der Waals surface area contributed by atoms with Crippen LogP contribution in [-0.2, 0) is 23.8 Å². The Hall–Kier alpha value is -1.66. The van der Waals surface area contributed by atoms with Crippen LogP contribution in [0.15, 0.2) is 23.3 Å². The number of hydrogen-bond acceptors (Lipinski definition) is 6. The maximum Gasteiger partial charge on any atom is 0.333 e. The van der Waals surface area contributed by atoms with Crippen LogP contribution in [0.3, 0.4) is 0 Å². The Labute approximate surface area is 192 Å². The van der Waals surface area contributed by atoms with E-state index >= 15 is 0 Å². The standard InChI is InChI=1S/C26H40O6/c1-8-10-16(4)23(28)32-21-18(31-22(27)15(3)9-2)13-26(7)19(25(21,5)6)12-11-17-14-30-24(29)20(17)26/h9,11,16,18-21,24,29H,8,10,12-14H2,1-7H3. The fraction of sp³-hybridized carbons (Fsp3) is 0.769. The van der Waals surface area contributed by atoms with E-state index in [1.165, 1.54) is 0 Å². The maximum atomic E-state index is 12.9. The number of ether oxygens (including phenoxy) is 3. The summed E-state index contributed by atoms with van der Waals surface area (Å²) in [5.74, 6) is -0.862. The fourth-order valence-corrected chi connectivity index (χ4v) is 6.35. The second-order valence-electron chi connectivity index (χ2n) is 10.7. The van der Waals surface area contributed by atoms with Crippen molar-refractivity contribution in [1.82, 2.24) is 0 Å². The lowest BCUT2D eigenvalue weighted by atomic mass is 9.47. The van der Waals surface area contributed by atoms with E-state index in [1.807, 2.05) is 13.8 Å². The third-order valence-electron chi connectivity index (χ3n) is 8.22. The highest BCUT2D eigenvalue weighted by atomic mass is 16.6. The van der Waals surface area contributed by atoms with E-state index in [-0.39, 0.29) is 29.1 Å². The SMILES string of the molecule is CC=C(C)C(=O)OC1CC2(C)C3C(=CCC2C(C)(C)C1OC(=O)C(C)CCC)COC3O. The monoisotopic (exact) mass is 448 g/mol. The predicted octanol–water partition coefficient (Wildman–Crippen LogP) is 4.56. The van der Waals surface area contributed by atoms with Crippen molar-refractivity contribution >= 4 is 11.9 Å². The topological polar surface area (TPSA) is 82.1 Å². The number of rotatable bonds is 6.